The Morgan fingerprint density at radius 1 is 1.23 bits per heavy atom. The summed E-state index contributed by atoms with van der Waals surface area (Å²) < 4.78 is 4.48. The minimum absolute atomic E-state index is 0.175. The van der Waals surface area contributed by atoms with E-state index in [0.717, 1.165) is 0 Å². The van der Waals surface area contributed by atoms with Gasteiger partial charge in [-0.15, -0.1) is 0 Å². The van der Waals surface area contributed by atoms with Crippen molar-refractivity contribution in [2.24, 2.45) is 5.73 Å². The number of hydrogen-bond acceptors (Lipinski definition) is 3. The lowest BCUT2D eigenvalue weighted by Crippen LogP contribution is -2.16. The van der Waals surface area contributed by atoms with Crippen molar-refractivity contribution in [3.63, 3.8) is 0 Å². The summed E-state index contributed by atoms with van der Waals surface area (Å²) in [6.45, 7) is 0. The van der Waals surface area contributed by atoms with Gasteiger partial charge in [-0.2, -0.15) is 0 Å². The van der Waals surface area contributed by atoms with Gasteiger partial charge in [-0.05, 0) is 12.1 Å². The zero-order valence-corrected chi connectivity index (χ0v) is 7.11. The fraction of sp³-hybridized carbons (Fsp3) is 0.111. The molecular weight excluding hydrogens is 170 g/mol. The van der Waals surface area contributed by atoms with E-state index in [2.05, 4.69) is 4.74 Å². The lowest BCUT2D eigenvalue weighted by molar-refractivity contribution is 0.0597. The van der Waals surface area contributed by atoms with Crippen molar-refractivity contribution in [3.8, 4) is 0 Å². The van der Waals surface area contributed by atoms with E-state index in [4.69, 9.17) is 5.73 Å². The Labute approximate surface area is 75.3 Å². The van der Waals surface area contributed by atoms with Crippen LogP contribution in [0.4, 0.5) is 0 Å². The van der Waals surface area contributed by atoms with Gasteiger partial charge in [0.1, 0.15) is 0 Å². The maximum absolute atomic E-state index is 11.1. The van der Waals surface area contributed by atoms with E-state index in [0.29, 0.717) is 0 Å². The van der Waals surface area contributed by atoms with Crippen LogP contribution in [0.5, 0.6) is 0 Å². The van der Waals surface area contributed by atoms with Gasteiger partial charge in [0.05, 0.1) is 18.2 Å². The molecule has 0 radical (unpaired) electrons. The Bertz CT molecular complexity index is 346. The van der Waals surface area contributed by atoms with E-state index in [-0.39, 0.29) is 11.1 Å². The fourth-order valence-corrected chi connectivity index (χ4v) is 0.986. The molecule has 1 aromatic carbocycles. The summed E-state index contributed by atoms with van der Waals surface area (Å²) in [5.74, 6) is -1.20. The molecule has 0 bridgehead atoms. The van der Waals surface area contributed by atoms with Gasteiger partial charge >= 0.3 is 5.97 Å². The molecule has 0 saturated carbocycles. The van der Waals surface area contributed by atoms with E-state index in [1.165, 1.54) is 19.2 Å². The number of ether oxygens (including phenoxy) is 1. The highest BCUT2D eigenvalue weighted by Gasteiger charge is 2.13. The molecule has 13 heavy (non-hydrogen) atoms. The van der Waals surface area contributed by atoms with Gasteiger partial charge in [-0.3, -0.25) is 4.79 Å². The molecule has 0 aliphatic carbocycles. The smallest absolute Gasteiger partial charge is 0.338 e. The lowest BCUT2D eigenvalue weighted by Gasteiger charge is -2.02. The number of primary amides is 1. The molecule has 0 fully saturated rings. The molecule has 0 heterocycles. The van der Waals surface area contributed by atoms with Crippen LogP contribution in [0.15, 0.2) is 24.3 Å². The average molecular weight is 179 g/mol. The van der Waals surface area contributed by atoms with Crippen LogP contribution in [-0.4, -0.2) is 19.0 Å². The number of carbonyl (C=O) groups excluding carboxylic acids is 2. The van der Waals surface area contributed by atoms with Crippen LogP contribution in [0.25, 0.3) is 0 Å². The molecule has 0 atom stereocenters. The van der Waals surface area contributed by atoms with Crippen molar-refractivity contribution in [2.75, 3.05) is 7.11 Å². The van der Waals surface area contributed by atoms with Crippen LogP contribution in [0, 0.1) is 0 Å². The first-order valence-corrected chi connectivity index (χ1v) is 3.64. The highest BCUT2D eigenvalue weighted by Crippen LogP contribution is 2.08. The van der Waals surface area contributed by atoms with E-state index in [1.807, 2.05) is 0 Å². The van der Waals surface area contributed by atoms with Gasteiger partial charge in [0.15, 0.2) is 0 Å². The first kappa shape index (κ1) is 9.25. The predicted molar refractivity (Wildman–Crippen MR) is 46.3 cm³/mol. The number of esters is 1. The molecular formula is C9H9NO3. The number of methoxy groups -OCH3 is 1. The summed E-state index contributed by atoms with van der Waals surface area (Å²) in [6, 6.07) is 6.24. The summed E-state index contributed by atoms with van der Waals surface area (Å²) in [5, 5.41) is 0. The average Bonchev–Trinajstić information content (AvgIpc) is 2.16. The predicted octanol–water partition coefficient (Wildman–Crippen LogP) is 0.572. The van der Waals surface area contributed by atoms with Gasteiger partial charge in [0, 0.05) is 0 Å². The van der Waals surface area contributed by atoms with Gasteiger partial charge in [-0.1, -0.05) is 12.1 Å². The van der Waals surface area contributed by atoms with Crippen LogP contribution in [0.2, 0.25) is 0 Å². The molecule has 4 heteroatoms. The molecule has 2 N–H and O–H groups in total. The Balaban J connectivity index is 3.19. The minimum atomic E-state index is -0.638. The van der Waals surface area contributed by atoms with Crippen LogP contribution >= 0.6 is 0 Å². The number of benzene rings is 1. The zero-order valence-electron chi connectivity index (χ0n) is 7.11. The second kappa shape index (κ2) is 3.71. The van der Waals surface area contributed by atoms with Crippen molar-refractivity contribution in [2.45, 2.75) is 0 Å². The second-order valence-electron chi connectivity index (χ2n) is 2.40. The summed E-state index contributed by atoms with van der Waals surface area (Å²) in [4.78, 5) is 22.0. The number of nitrogens with two attached hydrogens (primary N) is 1. The van der Waals surface area contributed by atoms with Crippen LogP contribution in [0.3, 0.4) is 0 Å². The fourth-order valence-electron chi connectivity index (χ4n) is 0.986. The van der Waals surface area contributed by atoms with Gasteiger partial charge in [-0.25, -0.2) is 4.79 Å². The molecule has 1 rings (SSSR count). The third-order valence-electron chi connectivity index (χ3n) is 1.60. The maximum atomic E-state index is 11.1. The molecule has 0 saturated heterocycles. The maximum Gasteiger partial charge on any atom is 0.338 e. The normalized spacial score (nSPS) is 9.31. The summed E-state index contributed by atoms with van der Waals surface area (Å²) >= 11 is 0. The number of carbonyl (C=O) groups is 2. The molecule has 1 amide bonds. The molecule has 4 nitrogen and oxygen atoms in total. The minimum Gasteiger partial charge on any atom is -0.465 e. The lowest BCUT2D eigenvalue weighted by atomic mass is 10.1. The van der Waals surface area contributed by atoms with Gasteiger partial charge < -0.3 is 10.5 Å². The van der Waals surface area contributed by atoms with E-state index < -0.39 is 11.9 Å². The van der Waals surface area contributed by atoms with Gasteiger partial charge in [0.2, 0.25) is 5.91 Å². The molecule has 0 aromatic heterocycles. The SMILES string of the molecule is COC(=O)c1ccccc1C(N)=O. The molecule has 0 unspecified atom stereocenters. The number of rotatable bonds is 2. The molecule has 0 aliphatic heterocycles. The quantitative estimate of drug-likeness (QED) is 0.675. The van der Waals surface area contributed by atoms with E-state index >= 15 is 0 Å². The van der Waals surface area contributed by atoms with Crippen molar-refractivity contribution >= 4 is 11.9 Å². The third kappa shape index (κ3) is 1.84. The summed E-state index contributed by atoms with van der Waals surface area (Å²) in [5.41, 5.74) is 5.43. The molecule has 1 aromatic rings. The van der Waals surface area contributed by atoms with Crippen LogP contribution < -0.4 is 5.73 Å². The Morgan fingerprint density at radius 2 is 1.77 bits per heavy atom. The molecule has 68 valence electrons. The first-order chi connectivity index (χ1) is 6.16. The first-order valence-electron chi connectivity index (χ1n) is 3.64. The molecule has 0 aliphatic rings. The highest BCUT2D eigenvalue weighted by molar-refractivity contribution is 6.04. The number of hydrogen-bond donors (Lipinski definition) is 1. The van der Waals surface area contributed by atoms with Crippen LogP contribution in [0.1, 0.15) is 20.7 Å². The largest absolute Gasteiger partial charge is 0.465 e. The Hall–Kier alpha value is -1.84. The van der Waals surface area contributed by atoms with E-state index in [1.54, 1.807) is 12.1 Å². The van der Waals surface area contributed by atoms with Crippen LogP contribution in [-0.2, 0) is 4.74 Å². The van der Waals surface area contributed by atoms with Gasteiger partial charge in [0.25, 0.3) is 0 Å². The molecule has 0 spiro atoms. The summed E-state index contributed by atoms with van der Waals surface area (Å²) in [6.07, 6.45) is 0. The Kier molecular flexibility index (Phi) is 2.64. The van der Waals surface area contributed by atoms with Crippen molar-refractivity contribution < 1.29 is 14.3 Å². The zero-order chi connectivity index (χ0) is 9.84. The van der Waals surface area contributed by atoms with Crippen molar-refractivity contribution in [3.05, 3.63) is 35.4 Å². The third-order valence-corrected chi connectivity index (χ3v) is 1.60. The van der Waals surface area contributed by atoms with Crippen molar-refractivity contribution in [1.82, 2.24) is 0 Å². The van der Waals surface area contributed by atoms with E-state index in [9.17, 15) is 9.59 Å². The topological polar surface area (TPSA) is 69.4 Å². The Morgan fingerprint density at radius 3 is 2.23 bits per heavy atom. The van der Waals surface area contributed by atoms with Crippen molar-refractivity contribution in [1.29, 1.82) is 0 Å². The number of amides is 1. The monoisotopic (exact) mass is 179 g/mol. The second-order valence-corrected chi connectivity index (χ2v) is 2.40. The highest BCUT2D eigenvalue weighted by atomic mass is 16.5. The standard InChI is InChI=1S/C9H9NO3/c1-13-9(12)7-5-3-2-4-6(7)8(10)11/h2-5H,1H3,(H2,10,11). The summed E-state index contributed by atoms with van der Waals surface area (Å²) in [7, 11) is 1.25.